The molecule has 0 atom stereocenters. The largest absolute Gasteiger partial charge is 0.388 e. The van der Waals surface area contributed by atoms with Crippen LogP contribution in [0.4, 0.5) is 4.39 Å². The highest BCUT2D eigenvalue weighted by atomic mass is 32.2. The Kier molecular flexibility index (Phi) is 2.47. The fourth-order valence-corrected chi connectivity index (χ4v) is 0.366. The molecule has 48 valence electrons. The molecule has 0 fully saturated rings. The van der Waals surface area contributed by atoms with Gasteiger partial charge in [-0.2, -0.15) is 8.42 Å². The summed E-state index contributed by atoms with van der Waals surface area (Å²) >= 11 is 0. The average molecular weight is 140 g/mol. The molecule has 5 heteroatoms. The lowest BCUT2D eigenvalue weighted by Crippen LogP contribution is -1.95. The van der Waals surface area contributed by atoms with Crippen molar-refractivity contribution < 1.29 is 17.0 Å². The second kappa shape index (κ2) is 2.66. The van der Waals surface area contributed by atoms with E-state index in [1.54, 1.807) is 0 Å². The number of halogens is 1. The molecule has 0 bridgehead atoms. The van der Waals surface area contributed by atoms with Crippen molar-refractivity contribution in [1.29, 1.82) is 0 Å². The van der Waals surface area contributed by atoms with E-state index in [1.165, 1.54) is 0 Å². The van der Waals surface area contributed by atoms with Gasteiger partial charge in [-0.05, 0) is 0 Å². The fourth-order valence-electron chi connectivity index (χ4n) is 0.122. The van der Waals surface area contributed by atoms with E-state index in [0.717, 1.165) is 6.26 Å². The highest BCUT2D eigenvalue weighted by Crippen LogP contribution is 1.86. The van der Waals surface area contributed by atoms with Gasteiger partial charge >= 0.3 is 10.1 Å². The second-order valence-corrected chi connectivity index (χ2v) is 2.66. The third-order valence-corrected chi connectivity index (χ3v) is 0.742. The number of hydrogen-bond acceptors (Lipinski definition) is 3. The van der Waals surface area contributed by atoms with Crippen molar-refractivity contribution in [3.63, 3.8) is 0 Å². The molecule has 0 rings (SSSR count). The summed E-state index contributed by atoms with van der Waals surface area (Å²) in [6, 6.07) is 0. The molecule has 0 radical (unpaired) electrons. The van der Waals surface area contributed by atoms with Gasteiger partial charge in [-0.25, -0.2) is 4.39 Å². The lowest BCUT2D eigenvalue weighted by atomic mass is 11.1. The van der Waals surface area contributed by atoms with Crippen LogP contribution < -0.4 is 0 Å². The molecule has 0 heterocycles. The van der Waals surface area contributed by atoms with Crippen LogP contribution in [0.1, 0.15) is 0 Å². The molecular weight excluding hydrogens is 135 g/mol. The normalized spacial score (nSPS) is 12.2. The van der Waals surface area contributed by atoms with Crippen LogP contribution >= 0.6 is 0 Å². The van der Waals surface area contributed by atoms with E-state index in [1.807, 2.05) is 0 Å². The van der Waals surface area contributed by atoms with Crippen molar-refractivity contribution in [2.45, 2.75) is 0 Å². The lowest BCUT2D eigenvalue weighted by Gasteiger charge is -1.89. The van der Waals surface area contributed by atoms with Gasteiger partial charge in [-0.15, -0.1) is 0 Å². The topological polar surface area (TPSA) is 43.4 Å². The van der Waals surface area contributed by atoms with Gasteiger partial charge in [0.25, 0.3) is 0 Å². The van der Waals surface area contributed by atoms with Gasteiger partial charge in [-0.3, -0.25) is 0 Å². The molecule has 0 aromatic carbocycles. The third-order valence-electron chi connectivity index (χ3n) is 0.282. The summed E-state index contributed by atoms with van der Waals surface area (Å²) in [5.74, 6) is 0. The zero-order valence-corrected chi connectivity index (χ0v) is 4.98. The Hall–Kier alpha value is -0.580. The van der Waals surface area contributed by atoms with Crippen LogP contribution in [-0.4, -0.2) is 14.7 Å². The van der Waals surface area contributed by atoms with Gasteiger partial charge in [0, 0.05) is 0 Å². The van der Waals surface area contributed by atoms with E-state index < -0.39 is 10.1 Å². The Morgan fingerprint density at radius 1 is 1.62 bits per heavy atom. The monoisotopic (exact) mass is 140 g/mol. The summed E-state index contributed by atoms with van der Waals surface area (Å²) in [6.45, 7) is 0. The van der Waals surface area contributed by atoms with E-state index in [0.29, 0.717) is 6.26 Å². The van der Waals surface area contributed by atoms with Crippen LogP contribution in [0.15, 0.2) is 12.6 Å². The van der Waals surface area contributed by atoms with Crippen molar-refractivity contribution in [2.24, 2.45) is 0 Å². The average Bonchev–Trinajstić information content (AvgIpc) is 1.59. The quantitative estimate of drug-likeness (QED) is 0.412. The first-order valence-corrected chi connectivity index (χ1v) is 3.51. The van der Waals surface area contributed by atoms with Gasteiger partial charge in [-0.1, -0.05) is 0 Å². The van der Waals surface area contributed by atoms with Crippen molar-refractivity contribution in [3.8, 4) is 0 Å². The Labute approximate surface area is 46.9 Å². The first-order valence-electron chi connectivity index (χ1n) is 1.70. The minimum Gasteiger partial charge on any atom is -0.388 e. The molecule has 3 nitrogen and oxygen atoms in total. The summed E-state index contributed by atoms with van der Waals surface area (Å²) in [5.41, 5.74) is 0. The SMILES string of the molecule is CS(=O)(=O)O/C=C/F. The molecule has 8 heavy (non-hydrogen) atoms. The molecule has 0 aliphatic rings. The molecule has 0 aromatic heterocycles. The first-order chi connectivity index (χ1) is 3.56. The van der Waals surface area contributed by atoms with Crippen LogP contribution in [0.2, 0.25) is 0 Å². The molecule has 0 unspecified atom stereocenters. The molecule has 0 aliphatic carbocycles. The van der Waals surface area contributed by atoms with Gasteiger partial charge in [0.05, 0.1) is 6.26 Å². The zero-order chi connectivity index (χ0) is 6.62. The number of hydrogen-bond donors (Lipinski definition) is 0. The molecule has 0 saturated heterocycles. The maximum atomic E-state index is 11.0. The minimum atomic E-state index is -3.51. The van der Waals surface area contributed by atoms with Crippen LogP contribution in [0, 0.1) is 0 Å². The Morgan fingerprint density at radius 3 is 2.25 bits per heavy atom. The van der Waals surface area contributed by atoms with E-state index in [-0.39, 0.29) is 6.33 Å². The molecular formula is C3H5FO3S. The zero-order valence-electron chi connectivity index (χ0n) is 4.17. The second-order valence-electron chi connectivity index (χ2n) is 1.06. The van der Waals surface area contributed by atoms with Crippen molar-refractivity contribution >= 4 is 10.1 Å². The molecule has 0 amide bonds. The lowest BCUT2D eigenvalue weighted by molar-refractivity contribution is 0.441. The Morgan fingerprint density at radius 2 is 2.12 bits per heavy atom. The van der Waals surface area contributed by atoms with Gasteiger partial charge in [0.2, 0.25) is 0 Å². The summed E-state index contributed by atoms with van der Waals surface area (Å²) < 4.78 is 34.6. The molecule has 0 saturated carbocycles. The minimum absolute atomic E-state index is 0.00104. The van der Waals surface area contributed by atoms with Crippen molar-refractivity contribution in [2.75, 3.05) is 6.26 Å². The summed E-state index contributed by atoms with van der Waals surface area (Å²) in [6.07, 6.45) is 1.28. The summed E-state index contributed by atoms with van der Waals surface area (Å²) in [7, 11) is -3.51. The smallest absolute Gasteiger partial charge is 0.305 e. The summed E-state index contributed by atoms with van der Waals surface area (Å²) in [4.78, 5) is 0. The Bertz CT molecular complexity index is 169. The predicted octanol–water partition coefficient (Wildman–Crippen LogP) is 0.403. The standard InChI is InChI=1S/C3H5FO3S/c1-8(5,6)7-3-2-4/h2-3H,1H3/b3-2+. The maximum absolute atomic E-state index is 11.0. The highest BCUT2D eigenvalue weighted by molar-refractivity contribution is 7.86. The van der Waals surface area contributed by atoms with Gasteiger partial charge < -0.3 is 4.18 Å². The fraction of sp³-hybridized carbons (Fsp3) is 0.333. The Balaban J connectivity index is 3.76. The van der Waals surface area contributed by atoms with E-state index in [2.05, 4.69) is 4.18 Å². The van der Waals surface area contributed by atoms with Gasteiger partial charge in [0.1, 0.15) is 12.6 Å². The molecule has 0 spiro atoms. The highest BCUT2D eigenvalue weighted by Gasteiger charge is 1.94. The van der Waals surface area contributed by atoms with Crippen molar-refractivity contribution in [3.05, 3.63) is 12.6 Å². The van der Waals surface area contributed by atoms with Crippen LogP contribution in [0.25, 0.3) is 0 Å². The van der Waals surface area contributed by atoms with E-state index >= 15 is 0 Å². The molecule has 0 aromatic rings. The summed E-state index contributed by atoms with van der Waals surface area (Å²) in [5, 5.41) is 0. The van der Waals surface area contributed by atoms with Crippen molar-refractivity contribution in [1.82, 2.24) is 0 Å². The molecule has 0 N–H and O–H groups in total. The van der Waals surface area contributed by atoms with E-state index in [4.69, 9.17) is 0 Å². The molecule has 0 aliphatic heterocycles. The predicted molar refractivity (Wildman–Crippen MR) is 26.2 cm³/mol. The van der Waals surface area contributed by atoms with Crippen LogP contribution in [0.3, 0.4) is 0 Å². The van der Waals surface area contributed by atoms with E-state index in [9.17, 15) is 12.8 Å². The van der Waals surface area contributed by atoms with Crippen LogP contribution in [0.5, 0.6) is 0 Å². The van der Waals surface area contributed by atoms with Gasteiger partial charge in [0.15, 0.2) is 0 Å². The number of rotatable bonds is 2. The van der Waals surface area contributed by atoms with Crippen LogP contribution in [-0.2, 0) is 14.3 Å². The maximum Gasteiger partial charge on any atom is 0.305 e. The first kappa shape index (κ1) is 7.42. The third kappa shape index (κ3) is 5.42.